The van der Waals surface area contributed by atoms with Gasteiger partial charge in [0, 0.05) is 7.05 Å². The molecule has 3 amide bonds. The molecule has 3 rings (SSSR count). The lowest BCUT2D eigenvalue weighted by Crippen LogP contribution is -2.52. The van der Waals surface area contributed by atoms with Crippen LogP contribution >= 0.6 is 0 Å². The molecular formula is C17H17N3O5. The van der Waals surface area contributed by atoms with E-state index in [0.717, 1.165) is 0 Å². The molecule has 2 N–H and O–H groups in total. The van der Waals surface area contributed by atoms with E-state index in [1.807, 2.05) is 0 Å². The van der Waals surface area contributed by atoms with Gasteiger partial charge in [-0.15, -0.1) is 0 Å². The summed E-state index contributed by atoms with van der Waals surface area (Å²) in [6.07, 6.45) is 0.563. The van der Waals surface area contributed by atoms with E-state index in [4.69, 9.17) is 9.15 Å². The minimum Gasteiger partial charge on any atom is -0.477 e. The van der Waals surface area contributed by atoms with Crippen LogP contribution in [0.15, 0.2) is 47.1 Å². The highest BCUT2D eigenvalue weighted by molar-refractivity contribution is 6.01. The topological polar surface area (TPSA) is 101 Å². The van der Waals surface area contributed by atoms with Crippen LogP contribution in [0.1, 0.15) is 10.6 Å². The summed E-state index contributed by atoms with van der Waals surface area (Å²) < 4.78 is 10.6. The second kappa shape index (κ2) is 7.08. The van der Waals surface area contributed by atoms with Crippen LogP contribution in [-0.2, 0) is 9.59 Å². The Morgan fingerprint density at radius 2 is 2.00 bits per heavy atom. The number of ether oxygens (including phenoxy) is 1. The zero-order chi connectivity index (χ0) is 17.8. The second-order valence-electron chi connectivity index (χ2n) is 5.35. The van der Waals surface area contributed by atoms with Crippen molar-refractivity contribution in [2.45, 2.75) is 6.10 Å². The molecule has 8 nitrogen and oxygen atoms in total. The number of furan rings is 1. The van der Waals surface area contributed by atoms with E-state index in [1.165, 1.54) is 24.3 Å². The number of fused-ring (bicyclic) bond motifs is 1. The van der Waals surface area contributed by atoms with Gasteiger partial charge in [-0.05, 0) is 24.3 Å². The van der Waals surface area contributed by atoms with Gasteiger partial charge in [0.25, 0.3) is 11.8 Å². The monoisotopic (exact) mass is 343 g/mol. The summed E-state index contributed by atoms with van der Waals surface area (Å²) in [6, 6.07) is 10.0. The molecule has 1 aromatic heterocycles. The van der Waals surface area contributed by atoms with Crippen molar-refractivity contribution in [2.24, 2.45) is 0 Å². The number of likely N-dealkylation sites (N-methyl/N-ethyl adjacent to an activating group) is 1. The molecule has 1 aromatic carbocycles. The number of carbonyl (C=O) groups excluding carboxylic acids is 3. The lowest BCUT2D eigenvalue weighted by molar-refractivity contribution is -0.127. The number of hydrogen-bond acceptors (Lipinski definition) is 5. The van der Waals surface area contributed by atoms with Gasteiger partial charge in [-0.2, -0.15) is 0 Å². The van der Waals surface area contributed by atoms with Gasteiger partial charge in [-0.1, -0.05) is 12.1 Å². The van der Waals surface area contributed by atoms with E-state index in [1.54, 1.807) is 30.3 Å². The van der Waals surface area contributed by atoms with Crippen molar-refractivity contribution in [3.63, 3.8) is 0 Å². The number of nitrogens with zero attached hydrogens (tertiary/aromatic N) is 1. The highest BCUT2D eigenvalue weighted by atomic mass is 16.5. The molecule has 1 aliphatic heterocycles. The molecule has 0 saturated heterocycles. The van der Waals surface area contributed by atoms with Crippen molar-refractivity contribution in [2.75, 3.05) is 25.0 Å². The van der Waals surface area contributed by atoms with Gasteiger partial charge in [0.05, 0.1) is 25.0 Å². The summed E-state index contributed by atoms with van der Waals surface area (Å²) in [5.41, 5.74) is 0.555. The van der Waals surface area contributed by atoms with Gasteiger partial charge in [-0.25, -0.2) is 0 Å². The smallest absolute Gasteiger partial charge is 0.287 e. The summed E-state index contributed by atoms with van der Waals surface area (Å²) in [5, 5.41) is 5.02. The van der Waals surface area contributed by atoms with Gasteiger partial charge < -0.3 is 24.7 Å². The molecule has 2 aromatic rings. The number of benzene rings is 1. The van der Waals surface area contributed by atoms with Gasteiger partial charge in [-0.3, -0.25) is 14.4 Å². The van der Waals surface area contributed by atoms with Crippen LogP contribution in [0.2, 0.25) is 0 Å². The Morgan fingerprint density at radius 3 is 2.72 bits per heavy atom. The van der Waals surface area contributed by atoms with Gasteiger partial charge in [0.2, 0.25) is 5.91 Å². The van der Waals surface area contributed by atoms with Crippen LogP contribution in [0.3, 0.4) is 0 Å². The second-order valence-corrected chi connectivity index (χ2v) is 5.35. The minimum absolute atomic E-state index is 0.0616. The van der Waals surface area contributed by atoms with Crippen molar-refractivity contribution < 1.29 is 23.5 Å². The quantitative estimate of drug-likeness (QED) is 0.844. The normalized spacial score (nSPS) is 15.7. The first-order valence-electron chi connectivity index (χ1n) is 7.69. The average molecular weight is 343 g/mol. The molecule has 2 heterocycles. The van der Waals surface area contributed by atoms with Crippen LogP contribution in [0.5, 0.6) is 5.75 Å². The summed E-state index contributed by atoms with van der Waals surface area (Å²) in [4.78, 5) is 37.8. The number of nitrogens with one attached hydrogen (secondary N) is 2. The van der Waals surface area contributed by atoms with E-state index >= 15 is 0 Å². The molecule has 25 heavy (non-hydrogen) atoms. The molecule has 0 saturated carbocycles. The molecule has 0 spiro atoms. The van der Waals surface area contributed by atoms with E-state index in [9.17, 15) is 14.4 Å². The first-order chi connectivity index (χ1) is 12.1. The Hall–Kier alpha value is -3.29. The minimum atomic E-state index is -0.815. The van der Waals surface area contributed by atoms with Crippen LogP contribution in [0, 0.1) is 0 Å². The number of rotatable bonds is 4. The van der Waals surface area contributed by atoms with Gasteiger partial charge >= 0.3 is 0 Å². The Labute approximate surface area is 143 Å². The predicted octanol–water partition coefficient (Wildman–Crippen LogP) is 0.550. The third-order valence-corrected chi connectivity index (χ3v) is 3.76. The molecule has 1 atom stereocenters. The van der Waals surface area contributed by atoms with Gasteiger partial charge in [0.1, 0.15) is 5.75 Å². The maximum absolute atomic E-state index is 12.6. The number of carbonyl (C=O) groups is 3. The largest absolute Gasteiger partial charge is 0.477 e. The lowest BCUT2D eigenvalue weighted by atomic mass is 10.1. The summed E-state index contributed by atoms with van der Waals surface area (Å²) >= 11 is 0. The van der Waals surface area contributed by atoms with E-state index < -0.39 is 12.0 Å². The fraction of sp³-hybridized carbons (Fsp3) is 0.235. The maximum atomic E-state index is 12.6. The van der Waals surface area contributed by atoms with E-state index in [-0.39, 0.29) is 30.7 Å². The molecule has 0 radical (unpaired) electrons. The standard InChI is InChI=1S/C17H17N3O5/c1-18-16(22)14-10-20(11-5-2-3-6-12(11)25-14)15(21)9-19-17(23)13-7-4-8-24-13/h2-8,14H,9-10H2,1H3,(H,18,22)(H,19,23)/t14-/m1/s1. The third kappa shape index (κ3) is 3.47. The molecular weight excluding hydrogens is 326 g/mol. The molecule has 8 heteroatoms. The number of hydrogen-bond donors (Lipinski definition) is 2. The number of amides is 3. The fourth-order valence-corrected chi connectivity index (χ4v) is 2.51. The fourth-order valence-electron chi connectivity index (χ4n) is 2.51. The van der Waals surface area contributed by atoms with E-state index in [2.05, 4.69) is 10.6 Å². The lowest BCUT2D eigenvalue weighted by Gasteiger charge is -2.34. The van der Waals surface area contributed by atoms with Crippen molar-refractivity contribution in [3.8, 4) is 5.75 Å². The van der Waals surface area contributed by atoms with Crippen LogP contribution in [0.25, 0.3) is 0 Å². The average Bonchev–Trinajstić information content (AvgIpc) is 3.19. The first-order valence-corrected chi connectivity index (χ1v) is 7.69. The van der Waals surface area contributed by atoms with Crippen LogP contribution < -0.4 is 20.3 Å². The molecule has 0 aliphatic carbocycles. The molecule has 1 aliphatic rings. The Kier molecular flexibility index (Phi) is 4.69. The highest BCUT2D eigenvalue weighted by Crippen LogP contribution is 2.33. The molecule has 0 bridgehead atoms. The summed E-state index contributed by atoms with van der Waals surface area (Å²) in [6.45, 7) is -0.166. The molecule has 0 unspecified atom stereocenters. The summed E-state index contributed by atoms with van der Waals surface area (Å²) in [5.74, 6) is -0.606. The number of para-hydroxylation sites is 2. The van der Waals surface area contributed by atoms with Crippen molar-refractivity contribution >= 4 is 23.4 Å². The molecule has 130 valence electrons. The third-order valence-electron chi connectivity index (χ3n) is 3.76. The van der Waals surface area contributed by atoms with Crippen LogP contribution in [0.4, 0.5) is 5.69 Å². The highest BCUT2D eigenvalue weighted by Gasteiger charge is 2.33. The van der Waals surface area contributed by atoms with E-state index in [0.29, 0.717) is 11.4 Å². The van der Waals surface area contributed by atoms with Crippen molar-refractivity contribution in [1.82, 2.24) is 10.6 Å². The zero-order valence-electron chi connectivity index (χ0n) is 13.5. The zero-order valence-corrected chi connectivity index (χ0v) is 13.5. The van der Waals surface area contributed by atoms with Gasteiger partial charge in [0.15, 0.2) is 11.9 Å². The molecule has 0 fully saturated rings. The van der Waals surface area contributed by atoms with Crippen molar-refractivity contribution in [1.29, 1.82) is 0 Å². The maximum Gasteiger partial charge on any atom is 0.287 e. The predicted molar refractivity (Wildman–Crippen MR) is 88.3 cm³/mol. The Bertz CT molecular complexity index is 787. The summed E-state index contributed by atoms with van der Waals surface area (Å²) in [7, 11) is 1.50. The Balaban J connectivity index is 1.74. The van der Waals surface area contributed by atoms with Crippen molar-refractivity contribution in [3.05, 3.63) is 48.4 Å². The SMILES string of the molecule is CNC(=O)[C@H]1CN(C(=O)CNC(=O)c2ccco2)c2ccccc2O1. The van der Waals surface area contributed by atoms with Crippen LogP contribution in [-0.4, -0.2) is 44.0 Å². The first kappa shape index (κ1) is 16.6. The number of anilines is 1. The Morgan fingerprint density at radius 1 is 1.20 bits per heavy atom.